The Labute approximate surface area is 131 Å². The Morgan fingerprint density at radius 1 is 1.05 bits per heavy atom. The molecule has 0 bridgehead atoms. The zero-order valence-electron chi connectivity index (χ0n) is 13.7. The van der Waals surface area contributed by atoms with Crippen molar-refractivity contribution in [2.75, 3.05) is 5.73 Å². The molecule has 0 aliphatic heterocycles. The van der Waals surface area contributed by atoms with Gasteiger partial charge in [0.2, 0.25) is 0 Å². The van der Waals surface area contributed by atoms with E-state index >= 15 is 0 Å². The van der Waals surface area contributed by atoms with Crippen molar-refractivity contribution in [2.24, 2.45) is 0 Å². The Balaban J connectivity index is 1.97. The fourth-order valence-corrected chi connectivity index (χ4v) is 2.78. The topological polar surface area (TPSA) is 43.8 Å². The number of benzene rings is 2. The molecule has 2 N–H and O–H groups in total. The van der Waals surface area contributed by atoms with Crippen LogP contribution in [-0.2, 0) is 12.0 Å². The molecule has 0 fully saturated rings. The van der Waals surface area contributed by atoms with Crippen LogP contribution in [0.4, 0.5) is 5.69 Å². The first kappa shape index (κ1) is 14.6. The molecule has 0 atom stereocenters. The summed E-state index contributed by atoms with van der Waals surface area (Å²) in [7, 11) is 0. The van der Waals surface area contributed by atoms with Crippen molar-refractivity contribution in [3.63, 3.8) is 0 Å². The van der Waals surface area contributed by atoms with Crippen molar-refractivity contribution in [2.45, 2.75) is 39.7 Å². The quantitative estimate of drug-likeness (QED) is 0.717. The van der Waals surface area contributed by atoms with E-state index in [1.54, 1.807) is 0 Å². The number of rotatable bonds is 2. The number of aryl methyl sites for hydroxylation is 1. The molecule has 0 radical (unpaired) electrons. The fraction of sp³-hybridized carbons (Fsp3) is 0.316. The normalized spacial score (nSPS) is 12.0. The molecular formula is C19H23N3. The molecule has 3 aromatic rings. The van der Waals surface area contributed by atoms with Gasteiger partial charge >= 0.3 is 0 Å². The SMILES string of the molecule is Cc1nc2c(N)cccc2n1Cc1ccc(C(C)(C)C)cc1. The summed E-state index contributed by atoms with van der Waals surface area (Å²) < 4.78 is 2.22. The molecule has 0 spiro atoms. The molecule has 0 unspecified atom stereocenters. The van der Waals surface area contributed by atoms with E-state index in [1.165, 1.54) is 11.1 Å². The minimum absolute atomic E-state index is 0.185. The molecule has 0 amide bonds. The lowest BCUT2D eigenvalue weighted by atomic mass is 9.87. The van der Waals surface area contributed by atoms with Crippen molar-refractivity contribution in [3.8, 4) is 0 Å². The summed E-state index contributed by atoms with van der Waals surface area (Å²) in [5.74, 6) is 0.993. The number of hydrogen-bond donors (Lipinski definition) is 1. The molecule has 22 heavy (non-hydrogen) atoms. The first-order valence-electron chi connectivity index (χ1n) is 7.67. The van der Waals surface area contributed by atoms with Gasteiger partial charge in [-0.25, -0.2) is 4.98 Å². The number of anilines is 1. The maximum Gasteiger partial charge on any atom is 0.112 e. The summed E-state index contributed by atoms with van der Waals surface area (Å²) in [6.07, 6.45) is 0. The van der Waals surface area contributed by atoms with E-state index in [4.69, 9.17) is 5.73 Å². The molecule has 0 aliphatic carbocycles. The highest BCUT2D eigenvalue weighted by atomic mass is 15.1. The van der Waals surface area contributed by atoms with Crippen LogP contribution >= 0.6 is 0 Å². The lowest BCUT2D eigenvalue weighted by Crippen LogP contribution is -2.11. The number of nitrogens with two attached hydrogens (primary N) is 1. The Bertz CT molecular complexity index is 805. The minimum atomic E-state index is 0.185. The summed E-state index contributed by atoms with van der Waals surface area (Å²) >= 11 is 0. The summed E-state index contributed by atoms with van der Waals surface area (Å²) in [5, 5.41) is 0. The van der Waals surface area contributed by atoms with Crippen LogP contribution in [0.25, 0.3) is 11.0 Å². The lowest BCUT2D eigenvalue weighted by molar-refractivity contribution is 0.589. The van der Waals surface area contributed by atoms with Crippen molar-refractivity contribution >= 4 is 16.7 Å². The first-order chi connectivity index (χ1) is 10.4. The van der Waals surface area contributed by atoms with Gasteiger partial charge in [-0.3, -0.25) is 0 Å². The van der Waals surface area contributed by atoms with Gasteiger partial charge in [0.05, 0.1) is 11.2 Å². The number of aromatic nitrogens is 2. The monoisotopic (exact) mass is 293 g/mol. The molecule has 0 saturated carbocycles. The Kier molecular flexibility index (Phi) is 3.44. The highest BCUT2D eigenvalue weighted by molar-refractivity contribution is 5.87. The van der Waals surface area contributed by atoms with Crippen LogP contribution in [0.15, 0.2) is 42.5 Å². The van der Waals surface area contributed by atoms with Crippen molar-refractivity contribution in [1.29, 1.82) is 0 Å². The number of nitrogens with zero attached hydrogens (tertiary/aromatic N) is 2. The highest BCUT2D eigenvalue weighted by Crippen LogP contribution is 2.25. The standard InChI is InChI=1S/C19H23N3/c1-13-21-18-16(20)6-5-7-17(18)22(13)12-14-8-10-15(11-9-14)19(2,3)4/h5-11H,12,20H2,1-4H3. The third-order valence-electron chi connectivity index (χ3n) is 4.16. The smallest absolute Gasteiger partial charge is 0.112 e. The van der Waals surface area contributed by atoms with Gasteiger partial charge in [-0.15, -0.1) is 0 Å². The maximum absolute atomic E-state index is 6.02. The number of para-hydroxylation sites is 1. The zero-order valence-corrected chi connectivity index (χ0v) is 13.7. The van der Waals surface area contributed by atoms with Crippen molar-refractivity contribution in [3.05, 3.63) is 59.4 Å². The average Bonchev–Trinajstić information content (AvgIpc) is 2.77. The van der Waals surface area contributed by atoms with E-state index in [0.29, 0.717) is 0 Å². The Morgan fingerprint density at radius 3 is 2.36 bits per heavy atom. The summed E-state index contributed by atoms with van der Waals surface area (Å²) in [6, 6.07) is 14.8. The second-order valence-corrected chi connectivity index (χ2v) is 6.91. The lowest BCUT2D eigenvalue weighted by Gasteiger charge is -2.19. The van der Waals surface area contributed by atoms with E-state index in [1.807, 2.05) is 19.1 Å². The van der Waals surface area contributed by atoms with Gasteiger partial charge in [0.15, 0.2) is 0 Å². The van der Waals surface area contributed by atoms with Gasteiger partial charge in [-0.2, -0.15) is 0 Å². The second kappa shape index (κ2) is 5.16. The van der Waals surface area contributed by atoms with Gasteiger partial charge in [0.25, 0.3) is 0 Å². The van der Waals surface area contributed by atoms with Gasteiger partial charge in [0, 0.05) is 6.54 Å². The average molecular weight is 293 g/mol. The number of imidazole rings is 1. The van der Waals surface area contributed by atoms with Crippen LogP contribution < -0.4 is 5.73 Å². The van der Waals surface area contributed by atoms with E-state index < -0.39 is 0 Å². The third-order valence-corrected chi connectivity index (χ3v) is 4.16. The number of hydrogen-bond acceptors (Lipinski definition) is 2. The highest BCUT2D eigenvalue weighted by Gasteiger charge is 2.14. The first-order valence-corrected chi connectivity index (χ1v) is 7.67. The van der Waals surface area contributed by atoms with Crippen LogP contribution in [0.5, 0.6) is 0 Å². The van der Waals surface area contributed by atoms with Crippen LogP contribution in [0, 0.1) is 6.92 Å². The minimum Gasteiger partial charge on any atom is -0.397 e. The molecule has 3 heteroatoms. The summed E-state index contributed by atoms with van der Waals surface area (Å²) in [6.45, 7) is 9.55. The third kappa shape index (κ3) is 2.59. The van der Waals surface area contributed by atoms with Crippen LogP contribution in [-0.4, -0.2) is 9.55 Å². The van der Waals surface area contributed by atoms with Gasteiger partial charge in [-0.1, -0.05) is 51.1 Å². The molecule has 3 nitrogen and oxygen atoms in total. The number of fused-ring (bicyclic) bond motifs is 1. The Morgan fingerprint density at radius 2 is 1.73 bits per heavy atom. The van der Waals surface area contributed by atoms with Crippen molar-refractivity contribution < 1.29 is 0 Å². The number of nitrogen functional groups attached to an aromatic ring is 1. The van der Waals surface area contributed by atoms with E-state index in [9.17, 15) is 0 Å². The molecule has 3 rings (SSSR count). The predicted molar refractivity (Wildman–Crippen MR) is 93.1 cm³/mol. The van der Waals surface area contributed by atoms with Crippen LogP contribution in [0.1, 0.15) is 37.7 Å². The molecule has 0 saturated heterocycles. The van der Waals surface area contributed by atoms with Crippen LogP contribution in [0.3, 0.4) is 0 Å². The van der Waals surface area contributed by atoms with E-state index in [2.05, 4.69) is 60.7 Å². The zero-order chi connectivity index (χ0) is 15.9. The van der Waals surface area contributed by atoms with E-state index in [0.717, 1.165) is 29.1 Å². The summed E-state index contributed by atoms with van der Waals surface area (Å²) in [4.78, 5) is 4.60. The van der Waals surface area contributed by atoms with E-state index in [-0.39, 0.29) is 5.41 Å². The molecule has 1 heterocycles. The molecule has 2 aromatic carbocycles. The molecule has 114 valence electrons. The van der Waals surface area contributed by atoms with Crippen LogP contribution in [0.2, 0.25) is 0 Å². The van der Waals surface area contributed by atoms with Gasteiger partial charge in [-0.05, 0) is 35.6 Å². The van der Waals surface area contributed by atoms with Gasteiger partial charge in [0.1, 0.15) is 11.3 Å². The summed E-state index contributed by atoms with van der Waals surface area (Å²) in [5.41, 5.74) is 11.6. The molecular weight excluding hydrogens is 270 g/mol. The largest absolute Gasteiger partial charge is 0.397 e. The molecule has 0 aliphatic rings. The van der Waals surface area contributed by atoms with Gasteiger partial charge < -0.3 is 10.3 Å². The van der Waals surface area contributed by atoms with Crippen molar-refractivity contribution in [1.82, 2.24) is 9.55 Å². The maximum atomic E-state index is 6.02. The molecule has 1 aromatic heterocycles. The fourth-order valence-electron chi connectivity index (χ4n) is 2.78. The Hall–Kier alpha value is -2.29. The second-order valence-electron chi connectivity index (χ2n) is 6.91. The predicted octanol–water partition coefficient (Wildman–Crippen LogP) is 4.27.